The van der Waals surface area contributed by atoms with E-state index in [1.54, 1.807) is 37.4 Å². The van der Waals surface area contributed by atoms with Crippen molar-refractivity contribution < 1.29 is 13.2 Å². The molecular weight excluding hydrogens is 360 g/mol. The van der Waals surface area contributed by atoms with Crippen LogP contribution in [0.25, 0.3) is 0 Å². The van der Waals surface area contributed by atoms with E-state index in [1.165, 1.54) is 12.1 Å². The molecule has 0 spiro atoms. The maximum Gasteiger partial charge on any atom is 0.333 e. The number of hydrogen-bond donors (Lipinski definition) is 4. The number of rotatable bonds is 4. The first-order valence-corrected chi connectivity index (χ1v) is 9.18. The summed E-state index contributed by atoms with van der Waals surface area (Å²) in [5, 5.41) is 8.39. The van der Waals surface area contributed by atoms with E-state index in [4.69, 9.17) is 12.2 Å². The van der Waals surface area contributed by atoms with E-state index < -0.39 is 16.1 Å². The smallest absolute Gasteiger partial charge is 0.333 e. The first-order valence-electron chi connectivity index (χ1n) is 7.29. The zero-order valence-electron chi connectivity index (χ0n) is 13.7. The van der Waals surface area contributed by atoms with Gasteiger partial charge in [0.2, 0.25) is 0 Å². The van der Waals surface area contributed by atoms with Crippen molar-refractivity contribution in [1.82, 2.24) is 10.0 Å². The molecule has 2 aromatic rings. The van der Waals surface area contributed by atoms with Gasteiger partial charge in [-0.2, -0.15) is 0 Å². The van der Waals surface area contributed by atoms with Crippen LogP contribution in [0, 0.1) is 6.92 Å². The van der Waals surface area contributed by atoms with Crippen LogP contribution < -0.4 is 20.7 Å². The third-order valence-corrected chi connectivity index (χ3v) is 4.77. The van der Waals surface area contributed by atoms with Crippen LogP contribution in [0.2, 0.25) is 0 Å². The Morgan fingerprint density at radius 3 is 2.28 bits per heavy atom. The van der Waals surface area contributed by atoms with E-state index in [-0.39, 0.29) is 4.90 Å². The molecule has 0 aliphatic heterocycles. The number of anilines is 2. The van der Waals surface area contributed by atoms with Crippen LogP contribution in [0.1, 0.15) is 5.56 Å². The lowest BCUT2D eigenvalue weighted by Gasteiger charge is -2.11. The predicted molar refractivity (Wildman–Crippen MR) is 102 cm³/mol. The predicted octanol–water partition coefficient (Wildman–Crippen LogP) is 2.42. The van der Waals surface area contributed by atoms with Crippen molar-refractivity contribution in [1.29, 1.82) is 0 Å². The van der Waals surface area contributed by atoms with E-state index in [0.29, 0.717) is 16.5 Å². The van der Waals surface area contributed by atoms with Gasteiger partial charge in [0.05, 0.1) is 4.90 Å². The molecule has 25 heavy (non-hydrogen) atoms. The molecular formula is C16H18N4O3S2. The quantitative estimate of drug-likeness (QED) is 0.610. The molecule has 0 aromatic heterocycles. The zero-order valence-corrected chi connectivity index (χ0v) is 15.3. The first kappa shape index (κ1) is 18.7. The summed E-state index contributed by atoms with van der Waals surface area (Å²) in [6, 6.07) is 12.2. The van der Waals surface area contributed by atoms with Crippen LogP contribution in [0.15, 0.2) is 53.4 Å². The number of carbonyl (C=O) groups excluding carboxylic acids is 1. The van der Waals surface area contributed by atoms with Gasteiger partial charge in [-0.15, -0.1) is 0 Å². The van der Waals surface area contributed by atoms with E-state index in [9.17, 15) is 13.2 Å². The van der Waals surface area contributed by atoms with Crippen LogP contribution in [-0.4, -0.2) is 26.6 Å². The molecule has 0 fully saturated rings. The largest absolute Gasteiger partial charge is 0.366 e. The van der Waals surface area contributed by atoms with Crippen molar-refractivity contribution in [2.45, 2.75) is 11.8 Å². The maximum atomic E-state index is 12.4. The van der Waals surface area contributed by atoms with Crippen LogP contribution >= 0.6 is 12.2 Å². The number of aryl methyl sites for hydroxylation is 1. The van der Waals surface area contributed by atoms with Crippen LogP contribution in [0.3, 0.4) is 0 Å². The Bertz CT molecular complexity index is 898. The van der Waals surface area contributed by atoms with Crippen molar-refractivity contribution in [3.05, 3.63) is 54.1 Å². The molecule has 0 aliphatic rings. The summed E-state index contributed by atoms with van der Waals surface area (Å²) >= 11 is 4.98. The Balaban J connectivity index is 2.11. The highest BCUT2D eigenvalue weighted by atomic mass is 32.2. The molecule has 0 saturated carbocycles. The normalized spacial score (nSPS) is 10.6. The number of sulfonamides is 1. The molecule has 0 unspecified atom stereocenters. The molecule has 2 amide bonds. The average Bonchev–Trinajstić information content (AvgIpc) is 2.54. The number of thiocarbonyl (C=S) groups is 1. The monoisotopic (exact) mass is 378 g/mol. The van der Waals surface area contributed by atoms with E-state index in [2.05, 4.69) is 16.0 Å². The van der Waals surface area contributed by atoms with Gasteiger partial charge < -0.3 is 16.0 Å². The fourth-order valence-corrected chi connectivity index (χ4v) is 3.07. The molecule has 2 aromatic carbocycles. The standard InChI is InChI=1S/C16H18N4O3S2/c1-11-5-3-6-12(9-11)18-15(21)20-25(22,23)14-8-4-7-13(10-14)19-16(24)17-2/h3-10H,1-2H3,(H2,17,19,24)(H2,18,20,21). The minimum Gasteiger partial charge on any atom is -0.366 e. The summed E-state index contributed by atoms with van der Waals surface area (Å²) < 4.78 is 26.7. The van der Waals surface area contributed by atoms with E-state index in [1.807, 2.05) is 17.7 Å². The lowest BCUT2D eigenvalue weighted by atomic mass is 10.2. The fourth-order valence-electron chi connectivity index (χ4n) is 1.99. The van der Waals surface area contributed by atoms with Crippen molar-refractivity contribution >= 4 is 44.8 Å². The molecule has 132 valence electrons. The van der Waals surface area contributed by atoms with Crippen molar-refractivity contribution in [2.24, 2.45) is 0 Å². The molecule has 0 bridgehead atoms. The number of hydrogen-bond acceptors (Lipinski definition) is 4. The van der Waals surface area contributed by atoms with Gasteiger partial charge in [0.1, 0.15) is 0 Å². The van der Waals surface area contributed by atoms with Crippen molar-refractivity contribution in [3.8, 4) is 0 Å². The first-order chi connectivity index (χ1) is 11.8. The molecule has 7 nitrogen and oxygen atoms in total. The van der Waals surface area contributed by atoms with Gasteiger partial charge in [0.15, 0.2) is 5.11 Å². The third kappa shape index (κ3) is 5.44. The second-order valence-corrected chi connectivity index (χ2v) is 7.25. The number of carbonyl (C=O) groups is 1. The van der Waals surface area contributed by atoms with Crippen molar-refractivity contribution in [2.75, 3.05) is 17.7 Å². The third-order valence-electron chi connectivity index (χ3n) is 3.13. The molecule has 0 radical (unpaired) electrons. The van der Waals surface area contributed by atoms with Crippen molar-refractivity contribution in [3.63, 3.8) is 0 Å². The summed E-state index contributed by atoms with van der Waals surface area (Å²) in [7, 11) is -2.37. The maximum absolute atomic E-state index is 12.4. The summed E-state index contributed by atoms with van der Waals surface area (Å²) in [6.45, 7) is 1.87. The second kappa shape index (κ2) is 7.95. The lowest BCUT2D eigenvalue weighted by molar-refractivity contribution is 0.256. The van der Waals surface area contributed by atoms with Gasteiger partial charge in [0.25, 0.3) is 10.0 Å². The number of amides is 2. The highest BCUT2D eigenvalue weighted by Crippen LogP contribution is 2.16. The Morgan fingerprint density at radius 2 is 1.64 bits per heavy atom. The summed E-state index contributed by atoms with van der Waals surface area (Å²) in [4.78, 5) is 11.9. The van der Waals surface area contributed by atoms with E-state index in [0.717, 1.165) is 5.56 Å². The Kier molecular flexibility index (Phi) is 5.94. The minimum absolute atomic E-state index is 0.0594. The molecule has 0 saturated heterocycles. The van der Waals surface area contributed by atoms with Gasteiger partial charge >= 0.3 is 6.03 Å². The molecule has 0 heterocycles. The minimum atomic E-state index is -4.02. The fraction of sp³-hybridized carbons (Fsp3) is 0.125. The average molecular weight is 378 g/mol. The van der Waals surface area contributed by atoms with Crippen LogP contribution in [0.5, 0.6) is 0 Å². The topological polar surface area (TPSA) is 99.3 Å². The summed E-state index contributed by atoms with van der Waals surface area (Å²) in [5.41, 5.74) is 1.93. The SMILES string of the molecule is CNC(=S)Nc1cccc(S(=O)(=O)NC(=O)Nc2cccc(C)c2)c1. The Labute approximate surface area is 151 Å². The highest BCUT2D eigenvalue weighted by Gasteiger charge is 2.18. The van der Waals surface area contributed by atoms with Gasteiger partial charge in [-0.1, -0.05) is 18.2 Å². The molecule has 4 N–H and O–H groups in total. The van der Waals surface area contributed by atoms with E-state index >= 15 is 0 Å². The van der Waals surface area contributed by atoms with Crippen LogP contribution in [0.4, 0.5) is 16.2 Å². The van der Waals surface area contributed by atoms with Gasteiger partial charge in [-0.05, 0) is 55.0 Å². The lowest BCUT2D eigenvalue weighted by Crippen LogP contribution is -2.34. The Hall–Kier alpha value is -2.65. The summed E-state index contributed by atoms with van der Waals surface area (Å²) in [6.07, 6.45) is 0. The highest BCUT2D eigenvalue weighted by molar-refractivity contribution is 7.90. The summed E-state index contributed by atoms with van der Waals surface area (Å²) in [5.74, 6) is 0. The Morgan fingerprint density at radius 1 is 1.00 bits per heavy atom. The molecule has 2 rings (SSSR count). The number of benzene rings is 2. The van der Waals surface area contributed by atoms with Gasteiger partial charge in [-0.3, -0.25) is 0 Å². The number of nitrogens with one attached hydrogen (secondary N) is 4. The zero-order chi connectivity index (χ0) is 18.4. The molecule has 0 atom stereocenters. The second-order valence-electron chi connectivity index (χ2n) is 5.16. The molecule has 9 heteroatoms. The van der Waals surface area contributed by atoms with Gasteiger partial charge in [0, 0.05) is 18.4 Å². The number of urea groups is 1. The van der Waals surface area contributed by atoms with Crippen LogP contribution in [-0.2, 0) is 10.0 Å². The van der Waals surface area contributed by atoms with Gasteiger partial charge in [-0.25, -0.2) is 17.9 Å². The molecule has 0 aliphatic carbocycles.